The SMILES string of the molecule is CC(=O)OC1=C2C(C)[C@@H](O)[C@H](O)[C@@](O)([C@@H](OC(=O)c3ccccc3)[C@@H]3[C@]4(OC(C)=O)CO[C@@H]4C[C@H](O)[C@@]3(C)C1=O)C2(C)C. The number of ether oxygens (including phenoxy) is 4. The zero-order valence-corrected chi connectivity index (χ0v) is 24.9. The Balaban J connectivity index is 1.89. The van der Waals surface area contributed by atoms with Crippen LogP contribution >= 0.6 is 0 Å². The first-order chi connectivity index (χ1) is 20.0. The lowest BCUT2D eigenvalue weighted by molar-refractivity contribution is -0.352. The maximum Gasteiger partial charge on any atom is 0.338 e. The van der Waals surface area contributed by atoms with Gasteiger partial charge >= 0.3 is 17.9 Å². The summed E-state index contributed by atoms with van der Waals surface area (Å²) in [5, 5.41) is 47.6. The molecular weight excluding hydrogens is 564 g/mol. The van der Waals surface area contributed by atoms with E-state index in [1.54, 1.807) is 18.2 Å². The van der Waals surface area contributed by atoms with Crippen LogP contribution in [-0.2, 0) is 33.3 Å². The van der Waals surface area contributed by atoms with Crippen molar-refractivity contribution < 1.29 is 58.6 Å². The first-order valence-electron chi connectivity index (χ1n) is 14.3. The van der Waals surface area contributed by atoms with Gasteiger partial charge in [-0.15, -0.1) is 0 Å². The van der Waals surface area contributed by atoms with Crippen LogP contribution in [0.25, 0.3) is 0 Å². The number of ketones is 1. The number of benzene rings is 1. The molecular formula is C31H38O12. The number of aliphatic hydroxyl groups excluding tert-OH is 3. The zero-order chi connectivity index (χ0) is 31.9. The number of Topliss-reactive ketones (excluding diaryl/α,β-unsaturated/α-hetero) is 1. The van der Waals surface area contributed by atoms with Crippen LogP contribution in [0.15, 0.2) is 41.7 Å². The largest absolute Gasteiger partial charge is 0.455 e. The second-order valence-electron chi connectivity index (χ2n) is 12.9. The number of rotatable bonds is 4. The summed E-state index contributed by atoms with van der Waals surface area (Å²) in [5.74, 6) is -6.55. The summed E-state index contributed by atoms with van der Waals surface area (Å²) < 4.78 is 23.2. The topological polar surface area (TPSA) is 186 Å². The molecule has 2 bridgehead atoms. The van der Waals surface area contributed by atoms with Gasteiger partial charge in [-0.1, -0.05) is 39.0 Å². The molecule has 12 nitrogen and oxygen atoms in total. The maximum atomic E-state index is 14.8. The molecule has 0 radical (unpaired) electrons. The van der Waals surface area contributed by atoms with Gasteiger partial charge in [0.25, 0.3) is 0 Å². The van der Waals surface area contributed by atoms with Crippen LogP contribution in [0.3, 0.4) is 0 Å². The monoisotopic (exact) mass is 602 g/mol. The van der Waals surface area contributed by atoms with Crippen LogP contribution in [0.1, 0.15) is 58.3 Å². The predicted octanol–water partition coefficient (Wildman–Crippen LogP) is 0.828. The van der Waals surface area contributed by atoms with Crippen molar-refractivity contribution in [2.45, 2.75) is 89.7 Å². The van der Waals surface area contributed by atoms with Gasteiger partial charge in [0.1, 0.15) is 23.9 Å². The molecule has 3 aliphatic carbocycles. The molecule has 1 aromatic carbocycles. The average molecular weight is 603 g/mol. The lowest BCUT2D eigenvalue weighted by Crippen LogP contribution is -2.83. The minimum absolute atomic E-state index is 0.00541. The highest BCUT2D eigenvalue weighted by atomic mass is 16.6. The van der Waals surface area contributed by atoms with Gasteiger partial charge in [0.05, 0.1) is 35.7 Å². The molecule has 5 rings (SSSR count). The average Bonchev–Trinajstić information content (AvgIpc) is 2.93. The number of esters is 3. The Morgan fingerprint density at radius 1 is 1.00 bits per heavy atom. The summed E-state index contributed by atoms with van der Waals surface area (Å²) in [5.41, 5.74) is -7.99. The van der Waals surface area contributed by atoms with Crippen LogP contribution in [0, 0.1) is 22.7 Å². The highest BCUT2D eigenvalue weighted by molar-refractivity contribution is 6.02. The molecule has 1 saturated heterocycles. The van der Waals surface area contributed by atoms with Crippen LogP contribution in [0.5, 0.6) is 0 Å². The third kappa shape index (κ3) is 4.14. The van der Waals surface area contributed by atoms with E-state index in [1.807, 2.05) is 0 Å². The number of hydrogen-bond acceptors (Lipinski definition) is 12. The lowest BCUT2D eigenvalue weighted by Gasteiger charge is -2.67. The molecule has 4 N–H and O–H groups in total. The van der Waals surface area contributed by atoms with Crippen molar-refractivity contribution in [2.24, 2.45) is 22.7 Å². The molecule has 1 heterocycles. The number of fused-ring (bicyclic) bond motifs is 5. The van der Waals surface area contributed by atoms with Gasteiger partial charge in [-0.05, 0) is 24.6 Å². The van der Waals surface area contributed by atoms with Crippen molar-refractivity contribution in [3.05, 3.63) is 47.2 Å². The minimum atomic E-state index is -2.60. The van der Waals surface area contributed by atoms with Crippen LogP contribution in [0.2, 0.25) is 0 Å². The van der Waals surface area contributed by atoms with Crippen molar-refractivity contribution in [1.29, 1.82) is 0 Å². The Morgan fingerprint density at radius 3 is 2.16 bits per heavy atom. The first-order valence-corrected chi connectivity index (χ1v) is 14.3. The van der Waals surface area contributed by atoms with E-state index in [9.17, 15) is 39.6 Å². The highest BCUT2D eigenvalue weighted by Gasteiger charge is 2.79. The molecule has 12 heteroatoms. The summed E-state index contributed by atoms with van der Waals surface area (Å²) in [6.07, 6.45) is -8.29. The molecule has 0 spiro atoms. The Kier molecular flexibility index (Phi) is 7.42. The van der Waals surface area contributed by atoms with E-state index in [0.29, 0.717) is 0 Å². The molecule has 234 valence electrons. The van der Waals surface area contributed by atoms with Crippen molar-refractivity contribution in [3.63, 3.8) is 0 Å². The van der Waals surface area contributed by atoms with E-state index in [4.69, 9.17) is 18.9 Å². The van der Waals surface area contributed by atoms with Gasteiger partial charge in [0, 0.05) is 31.6 Å². The van der Waals surface area contributed by atoms with Crippen LogP contribution in [0.4, 0.5) is 0 Å². The van der Waals surface area contributed by atoms with Gasteiger partial charge in [0.15, 0.2) is 11.4 Å². The summed E-state index contributed by atoms with van der Waals surface area (Å²) in [7, 11) is 0. The van der Waals surface area contributed by atoms with E-state index in [0.717, 1.165) is 13.8 Å². The number of carbonyl (C=O) groups is 4. The van der Waals surface area contributed by atoms with E-state index in [-0.39, 0.29) is 24.2 Å². The normalized spacial score (nSPS) is 41.4. The molecule has 0 aromatic heterocycles. The standard InChI is InChI=1S/C31H38O12/c1-14-20-22(41-15(2)32)25(37)29(6)18(34)12-19-30(13-40-19,43-16(3)33)23(29)26(42-27(38)17-10-8-7-9-11-17)31(39,28(20,4)5)24(36)21(14)35/h7-11,14,18-19,21,23-24,26,34-36,39H,12-13H2,1-6H3/t14?,18-,19+,21+,23-,24-,26-,29+,30-,31+/m0/s1. The minimum Gasteiger partial charge on any atom is -0.455 e. The second kappa shape index (κ2) is 10.2. The summed E-state index contributed by atoms with van der Waals surface area (Å²) in [6.45, 7) is 7.75. The maximum absolute atomic E-state index is 14.8. The molecule has 1 aliphatic heterocycles. The molecule has 10 atom stereocenters. The molecule has 4 aliphatic rings. The number of allylic oxidation sites excluding steroid dienone is 1. The Bertz CT molecular complexity index is 1390. The quantitative estimate of drug-likeness (QED) is 0.281. The fourth-order valence-corrected chi connectivity index (χ4v) is 8.03. The molecule has 0 amide bonds. The number of hydrogen-bond donors (Lipinski definition) is 4. The fourth-order valence-electron chi connectivity index (χ4n) is 8.03. The zero-order valence-electron chi connectivity index (χ0n) is 24.9. The molecule has 1 aromatic rings. The number of carbonyl (C=O) groups excluding carboxylic acids is 4. The molecule has 43 heavy (non-hydrogen) atoms. The van der Waals surface area contributed by atoms with E-state index in [2.05, 4.69) is 0 Å². The molecule has 1 unspecified atom stereocenters. The van der Waals surface area contributed by atoms with Crippen molar-refractivity contribution in [2.75, 3.05) is 6.61 Å². The molecule has 3 fully saturated rings. The van der Waals surface area contributed by atoms with E-state index < -0.39 is 93.8 Å². The van der Waals surface area contributed by atoms with E-state index >= 15 is 0 Å². The fraction of sp³-hybridized carbons (Fsp3) is 0.613. The van der Waals surface area contributed by atoms with Gasteiger partial charge in [-0.3, -0.25) is 14.4 Å². The van der Waals surface area contributed by atoms with E-state index in [1.165, 1.54) is 39.8 Å². The first kappa shape index (κ1) is 31.3. The van der Waals surface area contributed by atoms with Gasteiger partial charge < -0.3 is 39.4 Å². The lowest BCUT2D eigenvalue weighted by atomic mass is 9.44. The summed E-state index contributed by atoms with van der Waals surface area (Å²) >= 11 is 0. The summed E-state index contributed by atoms with van der Waals surface area (Å²) in [4.78, 5) is 53.5. The summed E-state index contributed by atoms with van der Waals surface area (Å²) in [6, 6.07) is 7.80. The smallest absolute Gasteiger partial charge is 0.338 e. The van der Waals surface area contributed by atoms with Crippen LogP contribution < -0.4 is 0 Å². The van der Waals surface area contributed by atoms with Crippen LogP contribution in [-0.4, -0.2) is 92.4 Å². The number of aliphatic hydroxyl groups is 4. The Morgan fingerprint density at radius 2 is 1.63 bits per heavy atom. The van der Waals surface area contributed by atoms with Crippen molar-refractivity contribution in [3.8, 4) is 0 Å². The van der Waals surface area contributed by atoms with Gasteiger partial charge in [-0.2, -0.15) is 0 Å². The second-order valence-corrected chi connectivity index (χ2v) is 12.9. The predicted molar refractivity (Wildman–Crippen MR) is 146 cm³/mol. The Hall–Kier alpha value is -3.16. The van der Waals surface area contributed by atoms with Crippen molar-refractivity contribution in [1.82, 2.24) is 0 Å². The third-order valence-electron chi connectivity index (χ3n) is 10.3. The highest BCUT2D eigenvalue weighted by Crippen LogP contribution is 2.64. The van der Waals surface area contributed by atoms with Gasteiger partial charge in [0.2, 0.25) is 5.78 Å². The van der Waals surface area contributed by atoms with Crippen molar-refractivity contribution >= 4 is 23.7 Å². The molecule has 2 saturated carbocycles. The third-order valence-corrected chi connectivity index (χ3v) is 10.3. The van der Waals surface area contributed by atoms with Gasteiger partial charge in [-0.25, -0.2) is 4.79 Å². The Labute approximate surface area is 248 Å².